The highest BCUT2D eigenvalue weighted by Crippen LogP contribution is 2.23. The van der Waals surface area contributed by atoms with Crippen molar-refractivity contribution in [1.82, 2.24) is 13.5 Å². The summed E-state index contributed by atoms with van der Waals surface area (Å²) in [5, 5.41) is 0.541. The standard InChI is InChI=1S/C10H7N3O2S2/c1-12-9(14)13(17-10(12)15)8-11-6-4-2-3-5-7(6)16-8/h2-5H,1H3. The molecule has 0 aliphatic rings. The molecular formula is C10H7N3O2S2. The predicted molar refractivity (Wildman–Crippen MR) is 68.3 cm³/mol. The Bertz CT molecular complexity index is 776. The fourth-order valence-electron chi connectivity index (χ4n) is 1.46. The van der Waals surface area contributed by atoms with Gasteiger partial charge in [-0.3, -0.25) is 9.36 Å². The first-order chi connectivity index (χ1) is 8.16. The Labute approximate surface area is 103 Å². The van der Waals surface area contributed by atoms with E-state index in [1.807, 2.05) is 24.3 Å². The minimum absolute atomic E-state index is 0.283. The smallest absolute Gasteiger partial charge is 0.255 e. The second-order valence-corrected chi connectivity index (χ2v) is 5.36. The largest absolute Gasteiger partial charge is 0.347 e. The van der Waals surface area contributed by atoms with E-state index in [0.29, 0.717) is 5.13 Å². The van der Waals surface area contributed by atoms with Gasteiger partial charge in [-0.25, -0.2) is 9.78 Å². The number of para-hydroxylation sites is 1. The molecule has 0 aliphatic heterocycles. The Morgan fingerprint density at radius 2 is 2.00 bits per heavy atom. The van der Waals surface area contributed by atoms with Crippen LogP contribution in [0.1, 0.15) is 0 Å². The van der Waals surface area contributed by atoms with Gasteiger partial charge in [0, 0.05) is 18.6 Å². The van der Waals surface area contributed by atoms with Crippen LogP contribution in [0.15, 0.2) is 33.9 Å². The molecular weight excluding hydrogens is 258 g/mol. The monoisotopic (exact) mass is 265 g/mol. The van der Waals surface area contributed by atoms with Crippen molar-refractivity contribution in [2.45, 2.75) is 0 Å². The van der Waals surface area contributed by atoms with Gasteiger partial charge in [-0.15, -0.1) is 0 Å². The lowest BCUT2D eigenvalue weighted by atomic mass is 10.3. The van der Waals surface area contributed by atoms with Gasteiger partial charge in [0.2, 0.25) is 5.13 Å². The van der Waals surface area contributed by atoms with E-state index in [-0.39, 0.29) is 10.6 Å². The second kappa shape index (κ2) is 3.64. The van der Waals surface area contributed by atoms with Crippen molar-refractivity contribution in [1.29, 1.82) is 0 Å². The van der Waals surface area contributed by atoms with Gasteiger partial charge >= 0.3 is 10.6 Å². The lowest BCUT2D eigenvalue weighted by molar-refractivity contribution is 0.804. The third kappa shape index (κ3) is 1.55. The highest BCUT2D eigenvalue weighted by atomic mass is 32.1. The van der Waals surface area contributed by atoms with E-state index in [9.17, 15) is 9.59 Å². The number of hydrogen-bond acceptors (Lipinski definition) is 5. The molecule has 0 spiro atoms. The molecule has 7 heteroatoms. The lowest BCUT2D eigenvalue weighted by Gasteiger charge is -1.89. The van der Waals surface area contributed by atoms with Crippen LogP contribution in [0, 0.1) is 0 Å². The average molecular weight is 265 g/mol. The van der Waals surface area contributed by atoms with Crippen LogP contribution in [0.4, 0.5) is 0 Å². The number of rotatable bonds is 1. The molecule has 0 bridgehead atoms. The van der Waals surface area contributed by atoms with E-state index >= 15 is 0 Å². The van der Waals surface area contributed by atoms with Crippen molar-refractivity contribution in [2.75, 3.05) is 0 Å². The van der Waals surface area contributed by atoms with Crippen molar-refractivity contribution in [3.63, 3.8) is 0 Å². The molecule has 3 rings (SSSR count). The fraction of sp³-hybridized carbons (Fsp3) is 0.100. The maximum absolute atomic E-state index is 11.8. The van der Waals surface area contributed by atoms with Gasteiger partial charge in [-0.1, -0.05) is 23.5 Å². The molecule has 0 saturated heterocycles. The number of aromatic nitrogens is 3. The summed E-state index contributed by atoms with van der Waals surface area (Å²) in [7, 11) is 1.46. The lowest BCUT2D eigenvalue weighted by Crippen LogP contribution is -2.24. The van der Waals surface area contributed by atoms with Crippen LogP contribution < -0.4 is 10.6 Å². The van der Waals surface area contributed by atoms with Crippen molar-refractivity contribution >= 4 is 33.1 Å². The predicted octanol–water partition coefficient (Wildman–Crippen LogP) is 1.21. The van der Waals surface area contributed by atoms with E-state index in [2.05, 4.69) is 4.98 Å². The maximum Gasteiger partial charge on any atom is 0.347 e. The molecule has 2 heterocycles. The van der Waals surface area contributed by atoms with Crippen molar-refractivity contribution < 1.29 is 0 Å². The minimum atomic E-state index is -0.348. The second-order valence-electron chi connectivity index (χ2n) is 3.46. The van der Waals surface area contributed by atoms with Gasteiger partial charge in [-0.2, -0.15) is 3.96 Å². The Hall–Kier alpha value is -1.73. The molecule has 0 radical (unpaired) electrons. The van der Waals surface area contributed by atoms with Gasteiger partial charge < -0.3 is 0 Å². The van der Waals surface area contributed by atoms with Gasteiger partial charge in [0.05, 0.1) is 10.2 Å². The van der Waals surface area contributed by atoms with Crippen LogP contribution in [0.5, 0.6) is 0 Å². The van der Waals surface area contributed by atoms with Gasteiger partial charge in [-0.05, 0) is 12.1 Å². The number of benzene rings is 1. The molecule has 5 nitrogen and oxygen atoms in total. The summed E-state index contributed by atoms with van der Waals surface area (Å²) in [5.41, 5.74) is 0.488. The quantitative estimate of drug-likeness (QED) is 0.664. The highest BCUT2D eigenvalue weighted by Gasteiger charge is 2.12. The summed E-state index contributed by atoms with van der Waals surface area (Å²) in [6.07, 6.45) is 0. The van der Waals surface area contributed by atoms with Crippen molar-refractivity contribution in [3.8, 4) is 5.13 Å². The molecule has 0 saturated carbocycles. The maximum atomic E-state index is 11.8. The van der Waals surface area contributed by atoms with Gasteiger partial charge in [0.1, 0.15) is 0 Å². The third-order valence-corrected chi connectivity index (χ3v) is 4.44. The summed E-state index contributed by atoms with van der Waals surface area (Å²) in [6, 6.07) is 7.63. The minimum Gasteiger partial charge on any atom is -0.255 e. The van der Waals surface area contributed by atoms with Crippen LogP contribution in [0.25, 0.3) is 15.3 Å². The molecule has 0 aliphatic carbocycles. The third-order valence-electron chi connectivity index (χ3n) is 2.36. The first kappa shape index (κ1) is 10.4. The molecule has 0 atom stereocenters. The molecule has 3 aromatic rings. The Kier molecular flexibility index (Phi) is 2.23. The zero-order valence-corrected chi connectivity index (χ0v) is 10.4. The Morgan fingerprint density at radius 3 is 2.65 bits per heavy atom. The first-order valence-corrected chi connectivity index (χ1v) is 6.41. The van der Waals surface area contributed by atoms with Gasteiger partial charge in [0.25, 0.3) is 0 Å². The topological polar surface area (TPSA) is 56.9 Å². The summed E-state index contributed by atoms with van der Waals surface area (Å²) in [4.78, 5) is 27.2. The van der Waals surface area contributed by atoms with Crippen molar-refractivity contribution in [2.24, 2.45) is 7.05 Å². The van der Waals surface area contributed by atoms with Gasteiger partial charge in [0.15, 0.2) is 0 Å². The molecule has 0 amide bonds. The Balaban J connectivity index is 2.31. The van der Waals surface area contributed by atoms with Crippen LogP contribution in [-0.2, 0) is 7.05 Å². The molecule has 0 N–H and O–H groups in total. The molecule has 1 aromatic carbocycles. The number of fused-ring (bicyclic) bond motifs is 1. The molecule has 2 aromatic heterocycles. The summed E-state index contributed by atoms with van der Waals surface area (Å²) in [6.45, 7) is 0. The van der Waals surface area contributed by atoms with E-state index in [1.54, 1.807) is 0 Å². The van der Waals surface area contributed by atoms with E-state index < -0.39 is 0 Å². The van der Waals surface area contributed by atoms with Crippen molar-refractivity contribution in [3.05, 3.63) is 44.4 Å². The zero-order valence-electron chi connectivity index (χ0n) is 8.78. The van der Waals surface area contributed by atoms with Crippen LogP contribution in [0.3, 0.4) is 0 Å². The number of thiazole rings is 1. The first-order valence-electron chi connectivity index (χ1n) is 4.82. The van der Waals surface area contributed by atoms with E-state index in [1.165, 1.54) is 22.3 Å². The number of hydrogen-bond donors (Lipinski definition) is 0. The average Bonchev–Trinajstić information content (AvgIpc) is 2.86. The number of nitrogens with zero attached hydrogens (tertiary/aromatic N) is 3. The van der Waals surface area contributed by atoms with Crippen LogP contribution in [0.2, 0.25) is 0 Å². The van der Waals surface area contributed by atoms with E-state index in [4.69, 9.17) is 0 Å². The molecule has 0 fully saturated rings. The van der Waals surface area contributed by atoms with E-state index in [0.717, 1.165) is 26.3 Å². The SMILES string of the molecule is Cn1c(=O)sn(-c2nc3ccccc3s2)c1=O. The summed E-state index contributed by atoms with van der Waals surface area (Å²) >= 11 is 2.27. The normalized spacial score (nSPS) is 11.1. The fourth-order valence-corrected chi connectivity index (χ4v) is 3.23. The van der Waals surface area contributed by atoms with Crippen LogP contribution >= 0.6 is 22.9 Å². The molecule has 0 unspecified atom stereocenters. The summed E-state index contributed by atoms with van der Waals surface area (Å²) in [5.74, 6) is 0. The summed E-state index contributed by atoms with van der Waals surface area (Å²) < 4.78 is 3.40. The van der Waals surface area contributed by atoms with Crippen LogP contribution in [-0.4, -0.2) is 13.5 Å². The molecule has 86 valence electrons. The highest BCUT2D eigenvalue weighted by molar-refractivity contribution is 7.21. The molecule has 17 heavy (non-hydrogen) atoms. The zero-order chi connectivity index (χ0) is 12.0. The Morgan fingerprint density at radius 1 is 1.24 bits per heavy atom.